The number of alkyl halides is 3. The van der Waals surface area contributed by atoms with Gasteiger partial charge in [-0.25, -0.2) is 0 Å². The van der Waals surface area contributed by atoms with Gasteiger partial charge in [0.15, 0.2) is 0 Å². The molecule has 0 unspecified atom stereocenters. The molecular weight excluding hydrogens is 189 g/mol. The second kappa shape index (κ2) is 7.53. The van der Waals surface area contributed by atoms with E-state index in [4.69, 9.17) is 17.5 Å². The first-order valence-electron chi connectivity index (χ1n) is 1.32. The third-order valence-electron chi connectivity index (χ3n) is 0. The largest absolute Gasteiger partial charge is 2.00 e. The topological polar surface area (TPSA) is 80.3 Å². The predicted molar refractivity (Wildman–Crippen MR) is 23.3 cm³/mol. The Hall–Kier alpha value is 0.426. The molecular formula is CHF3MgO4S. The molecule has 0 aliphatic heterocycles. The fraction of sp³-hybridized carbons (Fsp3) is 1.00. The van der Waals surface area contributed by atoms with Crippen LogP contribution in [0.15, 0.2) is 0 Å². The number of halogens is 3. The van der Waals surface area contributed by atoms with Gasteiger partial charge in [-0.1, -0.05) is 0 Å². The molecule has 0 fully saturated rings. The molecule has 0 aromatic carbocycles. The summed E-state index contributed by atoms with van der Waals surface area (Å²) in [4.78, 5) is 0. The summed E-state index contributed by atoms with van der Waals surface area (Å²) in [6.45, 7) is -3.67. The molecule has 0 spiro atoms. The molecule has 4 nitrogen and oxygen atoms in total. The van der Waals surface area contributed by atoms with Gasteiger partial charge in [-0.05, 0) is 0 Å². The zero-order chi connectivity index (χ0) is 8.08. The van der Waals surface area contributed by atoms with Crippen LogP contribution >= 0.6 is 0 Å². The van der Waals surface area contributed by atoms with Gasteiger partial charge in [0.25, 0.3) is 0 Å². The van der Waals surface area contributed by atoms with E-state index in [9.17, 15) is 13.2 Å². The minimum absolute atomic E-state index is 0. The number of hydrogen-bond donors (Lipinski definition) is 0. The molecule has 0 amide bonds. The van der Waals surface area contributed by atoms with Crippen LogP contribution in [0.4, 0.5) is 13.2 Å². The summed E-state index contributed by atoms with van der Waals surface area (Å²) < 4.78 is 63.1. The summed E-state index contributed by atoms with van der Waals surface area (Å²) in [5, 5.41) is 0. The summed E-state index contributed by atoms with van der Waals surface area (Å²) in [5.74, 6) is 0. The maximum Gasteiger partial charge on any atom is 2.00 e. The maximum absolute atomic E-state index is 9.67. The quantitative estimate of drug-likeness (QED) is 0.292. The molecule has 0 aromatic rings. The minimum atomic E-state index is -5.17. The van der Waals surface area contributed by atoms with Crippen LogP contribution in [0.5, 0.6) is 0 Å². The summed E-state index contributed by atoms with van der Waals surface area (Å²) in [5.41, 5.74) is 0. The van der Waals surface area contributed by atoms with Gasteiger partial charge in [-0.3, -0.25) is 8.42 Å². The molecule has 0 N–H and O–H groups in total. The van der Waals surface area contributed by atoms with E-state index in [0.29, 0.717) is 0 Å². The van der Waals surface area contributed by atoms with Crippen LogP contribution in [0.1, 0.15) is 0 Å². The Morgan fingerprint density at radius 3 is 1.10 bits per heavy atom. The van der Waals surface area contributed by atoms with Crippen molar-refractivity contribution in [1.29, 1.82) is 0 Å². The van der Waals surface area contributed by atoms with Crippen molar-refractivity contribution in [3.05, 3.63) is 0 Å². The molecule has 0 aliphatic rings. The first-order valence-corrected chi connectivity index (χ1v) is 2.65. The average molecular weight is 190 g/mol. The molecule has 10 heavy (non-hydrogen) atoms. The molecule has 0 bridgehead atoms. The van der Waals surface area contributed by atoms with Gasteiger partial charge in [0.05, 0.1) is 0 Å². The first kappa shape index (κ1) is 16.8. The van der Waals surface area contributed by atoms with Crippen molar-refractivity contribution in [1.82, 2.24) is 0 Å². The smallest absolute Gasteiger partial charge is 0.759 e. The Bertz CT molecular complexity index is 132. The molecule has 0 aromatic heterocycles. The zero-order valence-corrected chi connectivity index (χ0v) is 6.69. The second-order valence-electron chi connectivity index (χ2n) is 0.656. The Labute approximate surface area is 71.1 Å². The van der Waals surface area contributed by atoms with Crippen molar-refractivity contribution in [2.75, 3.05) is 0 Å². The summed E-state index contributed by atoms with van der Waals surface area (Å²) in [6, 6.07) is 0. The maximum atomic E-state index is 9.67. The Morgan fingerprint density at radius 1 is 1.10 bits per heavy atom. The van der Waals surface area contributed by atoms with Crippen LogP contribution in [0.3, 0.4) is 0 Å². The third kappa shape index (κ3) is 2560. The molecule has 0 saturated heterocycles. The molecule has 0 radical (unpaired) electrons. The van der Waals surface area contributed by atoms with Crippen LogP contribution in [0, 0.1) is 0 Å². The van der Waals surface area contributed by atoms with Crippen LogP contribution in [0.2, 0.25) is 0 Å². The molecule has 0 rings (SSSR count). The molecule has 58 valence electrons. The Balaban J connectivity index is -0.0000000910. The Kier molecular flexibility index (Phi) is 12.7. The van der Waals surface area contributed by atoms with E-state index >= 15 is 0 Å². The first-order chi connectivity index (χ1) is 3.73. The summed E-state index contributed by atoms with van der Waals surface area (Å²) >= 11 is 0. The van der Waals surface area contributed by atoms with Crippen molar-refractivity contribution >= 4 is 33.5 Å². The van der Waals surface area contributed by atoms with Gasteiger partial charge in [-0.15, -0.1) is 0 Å². The van der Waals surface area contributed by atoms with Gasteiger partial charge in [-0.2, -0.15) is 13.2 Å². The van der Waals surface area contributed by atoms with Crippen molar-refractivity contribution in [3.63, 3.8) is 0 Å². The second-order valence-corrected chi connectivity index (χ2v) is 1.47. The van der Waals surface area contributed by atoms with E-state index in [0.717, 1.165) is 0 Å². The van der Waals surface area contributed by atoms with Crippen LogP contribution in [-0.4, -0.2) is 47.3 Å². The van der Waals surface area contributed by atoms with Crippen molar-refractivity contribution < 1.29 is 30.7 Å². The van der Waals surface area contributed by atoms with E-state index in [2.05, 4.69) is 0 Å². The normalized spacial score (nSPS) is 9.40. The van der Waals surface area contributed by atoms with Gasteiger partial charge in [0.2, 0.25) is 0 Å². The molecule has 0 saturated carbocycles. The summed E-state index contributed by atoms with van der Waals surface area (Å²) in [6.07, 6.45) is 0. The molecule has 0 heterocycles. The van der Waals surface area contributed by atoms with Gasteiger partial charge < -0.3 is 9.11 Å². The summed E-state index contributed by atoms with van der Waals surface area (Å²) in [7, 11) is -5.17. The monoisotopic (exact) mass is 190 g/mol. The van der Waals surface area contributed by atoms with Crippen molar-refractivity contribution in [2.45, 2.75) is 6.68 Å². The standard InChI is InChI=1S/CHF3.Mg.H2O4S/c2-1(3)4;;1-5(2,3)4/h1H;;(H2,1,2,3,4)/q;+2;/p-2. The Morgan fingerprint density at radius 2 is 1.10 bits per heavy atom. The van der Waals surface area contributed by atoms with E-state index in [1.54, 1.807) is 0 Å². The van der Waals surface area contributed by atoms with E-state index in [1.807, 2.05) is 0 Å². The number of hydrogen-bond acceptors (Lipinski definition) is 4. The minimum Gasteiger partial charge on any atom is -0.759 e. The molecule has 9 heteroatoms. The third-order valence-corrected chi connectivity index (χ3v) is 0. The fourth-order valence-corrected chi connectivity index (χ4v) is 0. The van der Waals surface area contributed by atoms with Gasteiger partial charge in [0.1, 0.15) is 0 Å². The zero-order valence-electron chi connectivity index (χ0n) is 4.46. The van der Waals surface area contributed by atoms with Crippen LogP contribution < -0.4 is 0 Å². The van der Waals surface area contributed by atoms with E-state index < -0.39 is 17.1 Å². The van der Waals surface area contributed by atoms with Gasteiger partial charge in [0, 0.05) is 10.4 Å². The van der Waals surface area contributed by atoms with Crippen molar-refractivity contribution in [3.8, 4) is 0 Å². The van der Waals surface area contributed by atoms with Crippen molar-refractivity contribution in [2.24, 2.45) is 0 Å². The average Bonchev–Trinajstić information content (AvgIpc) is 1.19. The SMILES string of the molecule is FC(F)F.O=S(=O)([O-])[O-].[Mg+2]. The molecule has 0 aliphatic carbocycles. The van der Waals surface area contributed by atoms with Gasteiger partial charge >= 0.3 is 29.7 Å². The molecule has 0 atom stereocenters. The van der Waals surface area contributed by atoms with Crippen LogP contribution in [-0.2, 0) is 10.4 Å². The predicted octanol–water partition coefficient (Wildman–Crippen LogP) is -0.540. The van der Waals surface area contributed by atoms with Crippen LogP contribution in [0.25, 0.3) is 0 Å². The van der Waals surface area contributed by atoms with E-state index in [-0.39, 0.29) is 23.1 Å². The number of rotatable bonds is 0. The fourth-order valence-electron chi connectivity index (χ4n) is 0. The van der Waals surface area contributed by atoms with E-state index in [1.165, 1.54) is 0 Å².